The van der Waals surface area contributed by atoms with Gasteiger partial charge in [0.2, 0.25) is 0 Å². The van der Waals surface area contributed by atoms with Crippen molar-refractivity contribution in [3.8, 4) is 0 Å². The Hall–Kier alpha value is -1.19. The summed E-state index contributed by atoms with van der Waals surface area (Å²) in [5.74, 6) is 0. The van der Waals surface area contributed by atoms with Crippen LogP contribution in [0.25, 0.3) is 0 Å². The van der Waals surface area contributed by atoms with Gasteiger partial charge in [-0.15, -0.1) is 11.3 Å². The third-order valence-electron chi connectivity index (χ3n) is 2.56. The molecule has 0 aromatic carbocycles. The molecule has 0 aliphatic heterocycles. The smallest absolute Gasteiger partial charge is 0.0683 e. The van der Waals surface area contributed by atoms with Crippen LogP contribution in [0.2, 0.25) is 0 Å². The number of hydrogen-bond acceptors (Lipinski definition) is 3. The second-order valence-electron chi connectivity index (χ2n) is 3.97. The first-order valence-corrected chi connectivity index (χ1v) is 6.17. The zero-order valence-electron chi connectivity index (χ0n) is 9.82. The van der Waals surface area contributed by atoms with Gasteiger partial charge in [0.15, 0.2) is 0 Å². The van der Waals surface area contributed by atoms with Crippen molar-refractivity contribution >= 4 is 11.3 Å². The van der Waals surface area contributed by atoms with Crippen LogP contribution < -0.4 is 5.32 Å². The molecule has 2 rings (SSSR count). The molecule has 1 atom stereocenters. The summed E-state index contributed by atoms with van der Waals surface area (Å²) in [5.41, 5.74) is 2.43. The number of hydrogen-bond donors (Lipinski definition) is 1. The van der Waals surface area contributed by atoms with Gasteiger partial charge in [-0.25, -0.2) is 0 Å². The van der Waals surface area contributed by atoms with Crippen LogP contribution in [-0.2, 0) is 0 Å². The van der Waals surface area contributed by atoms with Crippen LogP contribution in [0.15, 0.2) is 30.6 Å². The first kappa shape index (κ1) is 11.3. The summed E-state index contributed by atoms with van der Waals surface area (Å²) in [6.07, 6.45) is 3.82. The molecule has 0 saturated carbocycles. The lowest BCUT2D eigenvalue weighted by atomic mass is 10.1. The Labute approximate surface area is 100 Å². The Kier molecular flexibility index (Phi) is 3.36. The van der Waals surface area contributed by atoms with Crippen molar-refractivity contribution in [2.24, 2.45) is 0 Å². The van der Waals surface area contributed by atoms with Crippen molar-refractivity contribution in [2.75, 3.05) is 7.05 Å². The first-order valence-electron chi connectivity index (χ1n) is 5.36. The third kappa shape index (κ3) is 2.31. The molecular weight excluding hydrogens is 216 g/mol. The maximum atomic E-state index is 4.25. The van der Waals surface area contributed by atoms with Crippen LogP contribution in [0.5, 0.6) is 0 Å². The van der Waals surface area contributed by atoms with Gasteiger partial charge in [0, 0.05) is 22.1 Å². The highest BCUT2D eigenvalue weighted by atomic mass is 32.1. The fourth-order valence-corrected chi connectivity index (χ4v) is 2.83. The summed E-state index contributed by atoms with van der Waals surface area (Å²) in [6, 6.07) is 6.78. The zero-order chi connectivity index (χ0) is 11.5. The fourth-order valence-electron chi connectivity index (χ4n) is 1.82. The molecule has 0 fully saturated rings. The SMILES string of the molecule is CNC(c1cncc(C)c1)c1ccc(C)s1. The summed E-state index contributed by atoms with van der Waals surface area (Å²) in [4.78, 5) is 6.93. The van der Waals surface area contributed by atoms with E-state index in [0.717, 1.165) is 0 Å². The zero-order valence-corrected chi connectivity index (χ0v) is 10.6. The lowest BCUT2D eigenvalue weighted by molar-refractivity contribution is 0.700. The number of aryl methyl sites for hydroxylation is 2. The minimum atomic E-state index is 0.256. The van der Waals surface area contributed by atoms with Gasteiger partial charge >= 0.3 is 0 Å². The lowest BCUT2D eigenvalue weighted by Crippen LogP contribution is -2.16. The first-order chi connectivity index (χ1) is 7.70. The summed E-state index contributed by atoms with van der Waals surface area (Å²) in [5, 5.41) is 3.35. The third-order valence-corrected chi connectivity index (χ3v) is 3.63. The van der Waals surface area contributed by atoms with E-state index in [1.807, 2.05) is 30.8 Å². The van der Waals surface area contributed by atoms with E-state index in [0.29, 0.717) is 0 Å². The standard InChI is InChI=1S/C13H16N2S/c1-9-6-11(8-15-7-9)13(14-3)12-5-4-10(2)16-12/h4-8,13-14H,1-3H3. The average molecular weight is 232 g/mol. The molecule has 2 nitrogen and oxygen atoms in total. The van der Waals surface area contributed by atoms with E-state index in [1.54, 1.807) is 0 Å². The molecule has 1 unspecified atom stereocenters. The van der Waals surface area contributed by atoms with Crippen molar-refractivity contribution in [3.05, 3.63) is 51.5 Å². The Morgan fingerprint density at radius 1 is 1.25 bits per heavy atom. The van der Waals surface area contributed by atoms with Crippen LogP contribution in [-0.4, -0.2) is 12.0 Å². The van der Waals surface area contributed by atoms with E-state index >= 15 is 0 Å². The molecule has 16 heavy (non-hydrogen) atoms. The van der Waals surface area contributed by atoms with E-state index in [1.165, 1.54) is 20.9 Å². The van der Waals surface area contributed by atoms with Crippen molar-refractivity contribution in [1.29, 1.82) is 0 Å². The topological polar surface area (TPSA) is 24.9 Å². The molecule has 0 aliphatic carbocycles. The fraction of sp³-hybridized carbons (Fsp3) is 0.308. The van der Waals surface area contributed by atoms with Gasteiger partial charge in [0.05, 0.1) is 6.04 Å². The average Bonchev–Trinajstić information content (AvgIpc) is 2.66. The van der Waals surface area contributed by atoms with Gasteiger partial charge < -0.3 is 5.32 Å². The second-order valence-corrected chi connectivity index (χ2v) is 5.29. The van der Waals surface area contributed by atoms with Gasteiger partial charge in [-0.05, 0) is 44.2 Å². The van der Waals surface area contributed by atoms with Gasteiger partial charge in [-0.1, -0.05) is 6.07 Å². The molecule has 84 valence electrons. The Morgan fingerprint density at radius 2 is 2.06 bits per heavy atom. The van der Waals surface area contributed by atoms with Crippen molar-refractivity contribution in [1.82, 2.24) is 10.3 Å². The summed E-state index contributed by atoms with van der Waals surface area (Å²) >= 11 is 1.83. The Morgan fingerprint density at radius 3 is 2.62 bits per heavy atom. The van der Waals surface area contributed by atoms with E-state index in [4.69, 9.17) is 0 Å². The second kappa shape index (κ2) is 4.76. The van der Waals surface area contributed by atoms with Crippen molar-refractivity contribution < 1.29 is 0 Å². The van der Waals surface area contributed by atoms with Crippen LogP contribution in [0.3, 0.4) is 0 Å². The van der Waals surface area contributed by atoms with E-state index < -0.39 is 0 Å². The molecule has 3 heteroatoms. The highest BCUT2D eigenvalue weighted by Gasteiger charge is 2.13. The van der Waals surface area contributed by atoms with Crippen LogP contribution in [0.4, 0.5) is 0 Å². The maximum absolute atomic E-state index is 4.25. The Balaban J connectivity index is 2.36. The largest absolute Gasteiger partial charge is 0.309 e. The highest BCUT2D eigenvalue weighted by molar-refractivity contribution is 7.12. The lowest BCUT2D eigenvalue weighted by Gasteiger charge is -2.14. The molecule has 0 radical (unpaired) electrons. The van der Waals surface area contributed by atoms with Crippen molar-refractivity contribution in [2.45, 2.75) is 19.9 Å². The monoisotopic (exact) mass is 232 g/mol. The predicted molar refractivity (Wildman–Crippen MR) is 68.9 cm³/mol. The molecule has 0 amide bonds. The highest BCUT2D eigenvalue weighted by Crippen LogP contribution is 2.27. The molecule has 1 N–H and O–H groups in total. The number of thiophene rings is 1. The predicted octanol–water partition coefficient (Wildman–Crippen LogP) is 3.07. The van der Waals surface area contributed by atoms with E-state index in [9.17, 15) is 0 Å². The number of rotatable bonds is 3. The molecule has 0 bridgehead atoms. The van der Waals surface area contributed by atoms with Crippen molar-refractivity contribution in [3.63, 3.8) is 0 Å². The number of pyridine rings is 1. The van der Waals surface area contributed by atoms with Gasteiger partial charge in [0.25, 0.3) is 0 Å². The molecule has 2 aromatic rings. The molecular formula is C13H16N2S. The number of nitrogens with zero attached hydrogens (tertiary/aromatic N) is 1. The van der Waals surface area contributed by atoms with E-state index in [2.05, 4.69) is 42.3 Å². The van der Waals surface area contributed by atoms with Crippen LogP contribution in [0.1, 0.15) is 26.9 Å². The minimum absolute atomic E-state index is 0.256. The van der Waals surface area contributed by atoms with Crippen LogP contribution >= 0.6 is 11.3 Å². The van der Waals surface area contributed by atoms with Gasteiger partial charge in [-0.3, -0.25) is 4.98 Å². The number of aromatic nitrogens is 1. The summed E-state index contributed by atoms with van der Waals surface area (Å²) in [7, 11) is 1.99. The molecule has 0 spiro atoms. The molecule has 0 saturated heterocycles. The van der Waals surface area contributed by atoms with Crippen LogP contribution in [0, 0.1) is 13.8 Å². The Bertz CT molecular complexity index is 476. The molecule has 0 aliphatic rings. The maximum Gasteiger partial charge on any atom is 0.0683 e. The normalized spacial score (nSPS) is 12.7. The van der Waals surface area contributed by atoms with Gasteiger partial charge in [-0.2, -0.15) is 0 Å². The summed E-state index contributed by atoms with van der Waals surface area (Å²) in [6.45, 7) is 4.21. The summed E-state index contributed by atoms with van der Waals surface area (Å²) < 4.78 is 0. The number of nitrogens with one attached hydrogen (secondary N) is 1. The quantitative estimate of drug-likeness (QED) is 0.879. The molecule has 2 heterocycles. The molecule has 2 aromatic heterocycles. The van der Waals surface area contributed by atoms with Gasteiger partial charge in [0.1, 0.15) is 0 Å². The minimum Gasteiger partial charge on any atom is -0.309 e. The van der Waals surface area contributed by atoms with E-state index in [-0.39, 0.29) is 6.04 Å².